The predicted molar refractivity (Wildman–Crippen MR) is 109 cm³/mol. The Labute approximate surface area is 163 Å². The molecule has 1 N–H and O–H groups in total. The van der Waals surface area contributed by atoms with Gasteiger partial charge in [-0.25, -0.2) is 0 Å². The molecule has 0 unspecified atom stereocenters. The van der Waals surface area contributed by atoms with Gasteiger partial charge in [0.1, 0.15) is 0 Å². The Morgan fingerprint density at radius 3 is 2.24 bits per heavy atom. The number of hydrogen-bond acceptors (Lipinski definition) is 2. The molecule has 4 heteroatoms. The van der Waals surface area contributed by atoms with Crippen LogP contribution in [0.5, 0.6) is 0 Å². The zero-order valence-corrected chi connectivity index (χ0v) is 16.5. The molecule has 0 atom stereocenters. The first kappa shape index (κ1) is 16.6. The van der Waals surface area contributed by atoms with Crippen LogP contribution in [0.4, 0.5) is 5.69 Å². The number of halogens is 2. The number of carbonyl (C=O) groups excluding carboxylic acids is 1. The van der Waals surface area contributed by atoms with Crippen LogP contribution >= 0.6 is 31.9 Å². The molecule has 124 valence electrons. The van der Waals surface area contributed by atoms with Crippen LogP contribution in [0.3, 0.4) is 0 Å². The molecule has 1 aliphatic carbocycles. The van der Waals surface area contributed by atoms with Crippen molar-refractivity contribution in [3.05, 3.63) is 86.3 Å². The van der Waals surface area contributed by atoms with E-state index in [1.54, 1.807) is 0 Å². The highest BCUT2D eigenvalue weighted by atomic mass is 79.9. The minimum Gasteiger partial charge on any atom is -0.378 e. The Morgan fingerprint density at radius 2 is 1.48 bits per heavy atom. The lowest BCUT2D eigenvalue weighted by Crippen LogP contribution is -2.14. The molecule has 2 nitrogen and oxygen atoms in total. The highest BCUT2D eigenvalue weighted by Gasteiger charge is 2.18. The van der Waals surface area contributed by atoms with Gasteiger partial charge in [0.05, 0.1) is 6.54 Å². The molecule has 0 spiro atoms. The normalized spacial score (nSPS) is 11.8. The smallest absolute Gasteiger partial charge is 0.181 e. The number of ketones is 1. The Morgan fingerprint density at radius 1 is 0.840 bits per heavy atom. The van der Waals surface area contributed by atoms with Crippen molar-refractivity contribution in [1.29, 1.82) is 0 Å². The van der Waals surface area contributed by atoms with Crippen molar-refractivity contribution in [2.24, 2.45) is 0 Å². The van der Waals surface area contributed by atoms with E-state index in [2.05, 4.69) is 67.5 Å². The van der Waals surface area contributed by atoms with Crippen molar-refractivity contribution in [1.82, 2.24) is 0 Å². The topological polar surface area (TPSA) is 29.1 Å². The summed E-state index contributed by atoms with van der Waals surface area (Å²) in [4.78, 5) is 12.3. The fraction of sp³-hybridized carbons (Fsp3) is 0.0952. The van der Waals surface area contributed by atoms with Crippen LogP contribution in [0.25, 0.3) is 11.1 Å². The average Bonchev–Trinajstić information content (AvgIpc) is 2.96. The SMILES string of the molecule is O=C(CNc1ccc2c(c1)Cc1cc(Br)ccc1-2)c1ccc(Br)cc1. The summed E-state index contributed by atoms with van der Waals surface area (Å²) in [7, 11) is 0. The summed E-state index contributed by atoms with van der Waals surface area (Å²) in [5, 5.41) is 3.25. The van der Waals surface area contributed by atoms with Crippen molar-refractivity contribution in [2.45, 2.75) is 6.42 Å². The van der Waals surface area contributed by atoms with Crippen molar-refractivity contribution < 1.29 is 4.79 Å². The molecule has 0 aliphatic heterocycles. The molecular formula is C21H15Br2NO. The lowest BCUT2D eigenvalue weighted by Gasteiger charge is -2.08. The molecule has 1 aliphatic rings. The van der Waals surface area contributed by atoms with Crippen molar-refractivity contribution in [3.8, 4) is 11.1 Å². The molecule has 0 aromatic heterocycles. The molecule has 0 amide bonds. The Kier molecular flexibility index (Phi) is 4.48. The van der Waals surface area contributed by atoms with E-state index < -0.39 is 0 Å². The summed E-state index contributed by atoms with van der Waals surface area (Å²) >= 11 is 6.92. The van der Waals surface area contributed by atoms with Crippen LogP contribution < -0.4 is 5.32 Å². The summed E-state index contributed by atoms with van der Waals surface area (Å²) in [5.41, 5.74) is 6.93. The fourth-order valence-corrected chi connectivity index (χ4v) is 3.88. The highest BCUT2D eigenvalue weighted by Crippen LogP contribution is 2.38. The highest BCUT2D eigenvalue weighted by molar-refractivity contribution is 9.10. The molecule has 0 saturated heterocycles. The number of carbonyl (C=O) groups is 1. The van der Waals surface area contributed by atoms with E-state index >= 15 is 0 Å². The molecule has 0 radical (unpaired) electrons. The molecule has 25 heavy (non-hydrogen) atoms. The second-order valence-electron chi connectivity index (χ2n) is 6.13. The van der Waals surface area contributed by atoms with Gasteiger partial charge in [-0.05, 0) is 65.1 Å². The van der Waals surface area contributed by atoms with Gasteiger partial charge in [-0.2, -0.15) is 0 Å². The first-order valence-electron chi connectivity index (χ1n) is 8.04. The molecule has 4 rings (SSSR count). The molecule has 3 aromatic carbocycles. The quantitative estimate of drug-likeness (QED) is 0.377. The maximum absolute atomic E-state index is 12.3. The zero-order valence-electron chi connectivity index (χ0n) is 13.4. The summed E-state index contributed by atoms with van der Waals surface area (Å²) < 4.78 is 2.08. The largest absolute Gasteiger partial charge is 0.378 e. The van der Waals surface area contributed by atoms with Crippen LogP contribution in [-0.2, 0) is 6.42 Å². The average molecular weight is 457 g/mol. The van der Waals surface area contributed by atoms with Gasteiger partial charge in [-0.3, -0.25) is 4.79 Å². The van der Waals surface area contributed by atoms with Crippen LogP contribution in [0.1, 0.15) is 21.5 Å². The number of hydrogen-bond donors (Lipinski definition) is 1. The van der Waals surface area contributed by atoms with Crippen LogP contribution in [0.2, 0.25) is 0 Å². The van der Waals surface area contributed by atoms with E-state index in [4.69, 9.17) is 0 Å². The Balaban J connectivity index is 1.48. The lowest BCUT2D eigenvalue weighted by atomic mass is 10.1. The molecule has 0 fully saturated rings. The second-order valence-corrected chi connectivity index (χ2v) is 7.97. The van der Waals surface area contributed by atoms with E-state index in [1.165, 1.54) is 22.3 Å². The van der Waals surface area contributed by atoms with Crippen LogP contribution in [0.15, 0.2) is 69.6 Å². The fourth-order valence-electron chi connectivity index (χ4n) is 3.21. The first-order chi connectivity index (χ1) is 12.1. The second kappa shape index (κ2) is 6.77. The third-order valence-corrected chi connectivity index (χ3v) is 5.48. The third-order valence-electron chi connectivity index (χ3n) is 4.46. The summed E-state index contributed by atoms with van der Waals surface area (Å²) in [6, 6.07) is 20.2. The van der Waals surface area contributed by atoms with E-state index in [0.29, 0.717) is 12.1 Å². The number of benzene rings is 3. The van der Waals surface area contributed by atoms with E-state index in [0.717, 1.165) is 21.1 Å². The van der Waals surface area contributed by atoms with Gasteiger partial charge in [0.25, 0.3) is 0 Å². The van der Waals surface area contributed by atoms with Crippen LogP contribution in [0, 0.1) is 0 Å². The number of rotatable bonds is 4. The monoisotopic (exact) mass is 455 g/mol. The molecule has 0 bridgehead atoms. The van der Waals surface area contributed by atoms with Gasteiger partial charge in [-0.15, -0.1) is 0 Å². The molecular weight excluding hydrogens is 442 g/mol. The minimum atomic E-state index is 0.0835. The van der Waals surface area contributed by atoms with Crippen molar-refractivity contribution in [2.75, 3.05) is 11.9 Å². The maximum atomic E-state index is 12.3. The number of Topliss-reactive ketones (excluding diaryl/α,β-unsaturated/α-hetero) is 1. The third kappa shape index (κ3) is 3.42. The molecule has 0 heterocycles. The zero-order chi connectivity index (χ0) is 17.4. The van der Waals surface area contributed by atoms with Crippen molar-refractivity contribution in [3.63, 3.8) is 0 Å². The Bertz CT molecular complexity index is 964. The standard InChI is InChI=1S/C21H15Br2NO/c22-16-3-1-13(2-4-16)21(25)12-24-18-6-8-20-15(11-18)9-14-10-17(23)5-7-19(14)20/h1-8,10-11,24H,9,12H2. The number of fused-ring (bicyclic) bond motifs is 3. The molecule has 0 saturated carbocycles. The van der Waals surface area contributed by atoms with Crippen molar-refractivity contribution >= 4 is 43.3 Å². The first-order valence-corrected chi connectivity index (χ1v) is 9.63. The minimum absolute atomic E-state index is 0.0835. The van der Waals surface area contributed by atoms with Gasteiger partial charge >= 0.3 is 0 Å². The van der Waals surface area contributed by atoms with Gasteiger partial charge in [0, 0.05) is 20.2 Å². The van der Waals surface area contributed by atoms with E-state index in [-0.39, 0.29) is 5.78 Å². The Hall–Kier alpha value is -1.91. The number of nitrogens with one attached hydrogen (secondary N) is 1. The maximum Gasteiger partial charge on any atom is 0.181 e. The van der Waals surface area contributed by atoms with E-state index in [1.807, 2.05) is 30.3 Å². The molecule has 3 aromatic rings. The van der Waals surface area contributed by atoms with Gasteiger partial charge in [0.15, 0.2) is 5.78 Å². The lowest BCUT2D eigenvalue weighted by molar-refractivity contribution is 0.101. The van der Waals surface area contributed by atoms with Crippen LogP contribution in [-0.4, -0.2) is 12.3 Å². The summed E-state index contributed by atoms with van der Waals surface area (Å²) in [6.07, 6.45) is 0.931. The number of anilines is 1. The predicted octanol–water partition coefficient (Wildman–Crippen LogP) is 6.08. The summed E-state index contributed by atoms with van der Waals surface area (Å²) in [5.74, 6) is 0.0835. The van der Waals surface area contributed by atoms with Gasteiger partial charge in [0.2, 0.25) is 0 Å². The van der Waals surface area contributed by atoms with Gasteiger partial charge < -0.3 is 5.32 Å². The van der Waals surface area contributed by atoms with Gasteiger partial charge in [-0.1, -0.05) is 56.1 Å². The summed E-state index contributed by atoms with van der Waals surface area (Å²) in [6.45, 7) is 0.291. The van der Waals surface area contributed by atoms with E-state index in [9.17, 15) is 4.79 Å².